The lowest BCUT2D eigenvalue weighted by Gasteiger charge is -1.97. The van der Waals surface area contributed by atoms with Crippen molar-refractivity contribution < 1.29 is 0 Å². The molecule has 0 aliphatic heterocycles. The summed E-state index contributed by atoms with van der Waals surface area (Å²) in [4.78, 5) is 3.40. The Hall–Kier alpha value is -0.760. The van der Waals surface area contributed by atoms with E-state index in [1.165, 1.54) is 26.6 Å². The van der Waals surface area contributed by atoms with Gasteiger partial charge < -0.3 is 4.98 Å². The zero-order valence-corrected chi connectivity index (χ0v) is 9.40. The fraction of sp³-hybridized carbons (Fsp3) is 0.273. The number of hydrogen-bond donors (Lipinski definition) is 1. The van der Waals surface area contributed by atoms with Crippen LogP contribution < -0.4 is 0 Å². The second-order valence-electron chi connectivity index (χ2n) is 3.26. The first-order valence-electron chi connectivity index (χ1n) is 4.49. The number of rotatable bonds is 1. The second kappa shape index (κ2) is 3.18. The normalized spacial score (nSPS) is 11.0. The van der Waals surface area contributed by atoms with E-state index in [9.17, 15) is 0 Å². The summed E-state index contributed by atoms with van der Waals surface area (Å²) in [5.41, 5.74) is 3.86. The summed E-state index contributed by atoms with van der Waals surface area (Å²) in [5, 5.41) is 1.29. The molecule has 1 aromatic carbocycles. The van der Waals surface area contributed by atoms with Gasteiger partial charge in [0.2, 0.25) is 0 Å². The fourth-order valence-corrected chi connectivity index (χ4v) is 2.10. The van der Waals surface area contributed by atoms with Crippen molar-refractivity contribution >= 4 is 26.8 Å². The van der Waals surface area contributed by atoms with E-state index in [0.717, 1.165) is 6.42 Å². The van der Waals surface area contributed by atoms with Gasteiger partial charge in [0.25, 0.3) is 0 Å². The van der Waals surface area contributed by atoms with Gasteiger partial charge in [0.1, 0.15) is 0 Å². The van der Waals surface area contributed by atoms with Crippen LogP contribution in [0.1, 0.15) is 18.2 Å². The van der Waals surface area contributed by atoms with Crippen molar-refractivity contribution in [1.82, 2.24) is 4.98 Å². The molecule has 0 spiro atoms. The lowest BCUT2D eigenvalue weighted by Crippen LogP contribution is -1.81. The number of aromatic nitrogens is 1. The van der Waals surface area contributed by atoms with Gasteiger partial charge >= 0.3 is 0 Å². The quantitative estimate of drug-likeness (QED) is 0.777. The number of H-pyrrole nitrogens is 1. The van der Waals surface area contributed by atoms with Crippen LogP contribution in [0.4, 0.5) is 0 Å². The topological polar surface area (TPSA) is 15.8 Å². The molecule has 0 aliphatic carbocycles. The lowest BCUT2D eigenvalue weighted by molar-refractivity contribution is 1.14. The number of aryl methyl sites for hydroxylation is 2. The molecule has 1 nitrogen and oxygen atoms in total. The van der Waals surface area contributed by atoms with Crippen LogP contribution in [0.25, 0.3) is 10.9 Å². The van der Waals surface area contributed by atoms with Crippen LogP contribution in [-0.2, 0) is 6.42 Å². The highest BCUT2D eigenvalue weighted by molar-refractivity contribution is 9.10. The average molecular weight is 238 g/mol. The standard InChI is InChI=1S/C11H12BrN/c1-3-8-5-4-6-9-10(12)7(2)13-11(8)9/h4-6,13H,3H2,1-2H3. The van der Waals surface area contributed by atoms with E-state index in [2.05, 4.69) is 53.0 Å². The molecular weight excluding hydrogens is 226 g/mol. The van der Waals surface area contributed by atoms with Gasteiger partial charge in [-0.15, -0.1) is 0 Å². The predicted molar refractivity (Wildman–Crippen MR) is 60.1 cm³/mol. The third kappa shape index (κ3) is 1.29. The third-order valence-corrected chi connectivity index (χ3v) is 3.43. The first-order valence-corrected chi connectivity index (χ1v) is 5.29. The third-order valence-electron chi connectivity index (χ3n) is 2.41. The molecule has 0 amide bonds. The number of fused-ring (bicyclic) bond motifs is 1. The minimum Gasteiger partial charge on any atom is -0.357 e. The number of halogens is 1. The summed E-state index contributed by atoms with van der Waals surface area (Å²) in [6.07, 6.45) is 1.07. The van der Waals surface area contributed by atoms with E-state index >= 15 is 0 Å². The fourth-order valence-electron chi connectivity index (χ4n) is 1.67. The maximum atomic E-state index is 3.58. The molecule has 0 atom stereocenters. The van der Waals surface area contributed by atoms with Crippen molar-refractivity contribution in [3.63, 3.8) is 0 Å². The molecule has 1 aromatic heterocycles. The minimum atomic E-state index is 1.07. The Morgan fingerprint density at radius 3 is 2.85 bits per heavy atom. The Morgan fingerprint density at radius 2 is 2.15 bits per heavy atom. The summed E-state index contributed by atoms with van der Waals surface area (Å²) in [7, 11) is 0. The second-order valence-corrected chi connectivity index (χ2v) is 4.05. The molecule has 0 saturated heterocycles. The molecule has 0 saturated carbocycles. The van der Waals surface area contributed by atoms with Crippen LogP contribution in [-0.4, -0.2) is 4.98 Å². The zero-order chi connectivity index (χ0) is 9.42. The first kappa shape index (κ1) is 8.82. The Labute approximate surface area is 86.3 Å². The Morgan fingerprint density at radius 1 is 1.38 bits per heavy atom. The van der Waals surface area contributed by atoms with Gasteiger partial charge in [-0.1, -0.05) is 25.1 Å². The van der Waals surface area contributed by atoms with Gasteiger partial charge in [-0.2, -0.15) is 0 Å². The van der Waals surface area contributed by atoms with Crippen LogP contribution in [0.5, 0.6) is 0 Å². The summed E-state index contributed by atoms with van der Waals surface area (Å²) >= 11 is 3.58. The zero-order valence-electron chi connectivity index (χ0n) is 7.82. The van der Waals surface area contributed by atoms with E-state index in [1.807, 2.05) is 0 Å². The van der Waals surface area contributed by atoms with E-state index in [4.69, 9.17) is 0 Å². The summed E-state index contributed by atoms with van der Waals surface area (Å²) in [6, 6.07) is 6.42. The number of hydrogen-bond acceptors (Lipinski definition) is 0. The molecule has 0 unspecified atom stereocenters. The summed E-state index contributed by atoms with van der Waals surface area (Å²) in [6.45, 7) is 4.27. The van der Waals surface area contributed by atoms with Crippen LogP contribution in [0, 0.1) is 6.92 Å². The maximum Gasteiger partial charge on any atom is 0.0500 e. The highest BCUT2D eigenvalue weighted by atomic mass is 79.9. The number of aromatic amines is 1. The molecule has 68 valence electrons. The van der Waals surface area contributed by atoms with E-state index in [1.54, 1.807) is 0 Å². The van der Waals surface area contributed by atoms with Crippen molar-refractivity contribution in [3.8, 4) is 0 Å². The molecule has 13 heavy (non-hydrogen) atoms. The Balaban J connectivity index is 2.84. The smallest absolute Gasteiger partial charge is 0.0500 e. The highest BCUT2D eigenvalue weighted by Crippen LogP contribution is 2.29. The van der Waals surface area contributed by atoms with Gasteiger partial charge in [0, 0.05) is 21.1 Å². The molecule has 0 aliphatic rings. The monoisotopic (exact) mass is 237 g/mol. The van der Waals surface area contributed by atoms with Gasteiger partial charge in [-0.25, -0.2) is 0 Å². The molecule has 2 heteroatoms. The number of nitrogens with one attached hydrogen (secondary N) is 1. The Kier molecular flexibility index (Phi) is 2.16. The minimum absolute atomic E-state index is 1.07. The maximum absolute atomic E-state index is 3.58. The predicted octanol–water partition coefficient (Wildman–Crippen LogP) is 3.80. The molecular formula is C11H12BrN. The van der Waals surface area contributed by atoms with Crippen molar-refractivity contribution in [3.05, 3.63) is 33.9 Å². The molecule has 0 fully saturated rings. The number of para-hydroxylation sites is 1. The summed E-state index contributed by atoms with van der Waals surface area (Å²) in [5.74, 6) is 0. The van der Waals surface area contributed by atoms with Crippen molar-refractivity contribution in [2.45, 2.75) is 20.3 Å². The van der Waals surface area contributed by atoms with E-state index < -0.39 is 0 Å². The molecule has 0 radical (unpaired) electrons. The van der Waals surface area contributed by atoms with Crippen molar-refractivity contribution in [2.24, 2.45) is 0 Å². The Bertz CT molecular complexity index is 443. The van der Waals surface area contributed by atoms with Crippen LogP contribution in [0.2, 0.25) is 0 Å². The first-order chi connectivity index (χ1) is 6.24. The molecule has 1 heterocycles. The molecule has 2 rings (SSSR count). The molecule has 0 bridgehead atoms. The van der Waals surface area contributed by atoms with Gasteiger partial charge in [0.05, 0.1) is 0 Å². The summed E-state index contributed by atoms with van der Waals surface area (Å²) < 4.78 is 1.19. The lowest BCUT2D eigenvalue weighted by atomic mass is 10.1. The molecule has 1 N–H and O–H groups in total. The van der Waals surface area contributed by atoms with Crippen LogP contribution >= 0.6 is 15.9 Å². The molecule has 2 aromatic rings. The number of benzene rings is 1. The van der Waals surface area contributed by atoms with E-state index in [-0.39, 0.29) is 0 Å². The van der Waals surface area contributed by atoms with Gasteiger partial charge in [0.15, 0.2) is 0 Å². The SMILES string of the molecule is CCc1cccc2c(Br)c(C)[nH]c12. The van der Waals surface area contributed by atoms with Gasteiger partial charge in [-0.05, 0) is 34.8 Å². The van der Waals surface area contributed by atoms with Crippen LogP contribution in [0.15, 0.2) is 22.7 Å². The highest BCUT2D eigenvalue weighted by Gasteiger charge is 2.07. The average Bonchev–Trinajstić information content (AvgIpc) is 2.43. The van der Waals surface area contributed by atoms with Crippen molar-refractivity contribution in [1.29, 1.82) is 0 Å². The van der Waals surface area contributed by atoms with E-state index in [0.29, 0.717) is 0 Å². The van der Waals surface area contributed by atoms with Crippen molar-refractivity contribution in [2.75, 3.05) is 0 Å². The van der Waals surface area contributed by atoms with Crippen LogP contribution in [0.3, 0.4) is 0 Å². The largest absolute Gasteiger partial charge is 0.357 e. The van der Waals surface area contributed by atoms with Gasteiger partial charge in [-0.3, -0.25) is 0 Å².